The molecule has 96 valence electrons. The maximum Gasteiger partial charge on any atom is 0.162 e. The molecule has 18 heavy (non-hydrogen) atoms. The summed E-state index contributed by atoms with van der Waals surface area (Å²) in [4.78, 5) is 12.3. The largest absolute Gasteiger partial charge is 0.364 e. The molecule has 0 amide bonds. The number of Topliss-reactive ketones (excluding diaryl/α,β-unsaturated/α-hetero) is 1. The van der Waals surface area contributed by atoms with Crippen LogP contribution in [0.3, 0.4) is 0 Å². The number of hydrogen-bond acceptors (Lipinski definition) is 2. The molecule has 2 bridgehead atoms. The van der Waals surface area contributed by atoms with E-state index in [-0.39, 0.29) is 23.4 Å². The first-order valence-corrected chi connectivity index (χ1v) is 6.75. The van der Waals surface area contributed by atoms with E-state index < -0.39 is 0 Å². The molecule has 2 heteroatoms. The van der Waals surface area contributed by atoms with E-state index in [0.717, 1.165) is 6.42 Å². The molecule has 0 N–H and O–H groups in total. The lowest BCUT2D eigenvalue weighted by Gasteiger charge is -2.33. The highest BCUT2D eigenvalue weighted by molar-refractivity contribution is 5.87. The van der Waals surface area contributed by atoms with Gasteiger partial charge in [-0.15, -0.1) is 0 Å². The average molecular weight is 244 g/mol. The summed E-state index contributed by atoms with van der Waals surface area (Å²) >= 11 is 0. The van der Waals surface area contributed by atoms with Crippen molar-refractivity contribution >= 4 is 5.78 Å². The van der Waals surface area contributed by atoms with Crippen LogP contribution in [0.4, 0.5) is 0 Å². The van der Waals surface area contributed by atoms with Crippen molar-refractivity contribution in [2.75, 3.05) is 0 Å². The Morgan fingerprint density at radius 1 is 1.17 bits per heavy atom. The summed E-state index contributed by atoms with van der Waals surface area (Å²) < 4.78 is 6.03. The van der Waals surface area contributed by atoms with Crippen molar-refractivity contribution in [3.63, 3.8) is 0 Å². The summed E-state index contributed by atoms with van der Waals surface area (Å²) in [5.41, 5.74) is 2.45. The van der Waals surface area contributed by atoms with Gasteiger partial charge >= 0.3 is 0 Å². The third-order valence-corrected chi connectivity index (χ3v) is 3.98. The number of benzene rings is 1. The van der Waals surface area contributed by atoms with Crippen molar-refractivity contribution in [1.82, 2.24) is 0 Å². The Morgan fingerprint density at radius 2 is 1.83 bits per heavy atom. The molecule has 0 heterocycles. The van der Waals surface area contributed by atoms with Crippen LogP contribution in [0.25, 0.3) is 0 Å². The van der Waals surface area contributed by atoms with Crippen LogP contribution in [0, 0.1) is 0 Å². The second-order valence-electron chi connectivity index (χ2n) is 6.49. The van der Waals surface area contributed by atoms with Gasteiger partial charge in [0.2, 0.25) is 0 Å². The van der Waals surface area contributed by atoms with Crippen molar-refractivity contribution in [1.29, 1.82) is 0 Å². The predicted octanol–water partition coefficient (Wildman–Crippen LogP) is 3.41. The molecule has 3 atom stereocenters. The molecule has 0 aromatic heterocycles. The first-order valence-electron chi connectivity index (χ1n) is 6.75. The van der Waals surface area contributed by atoms with Gasteiger partial charge in [0.25, 0.3) is 0 Å². The molecule has 1 fully saturated rings. The minimum atomic E-state index is -0.259. The Labute approximate surface area is 108 Å². The van der Waals surface area contributed by atoms with Crippen LogP contribution in [0.5, 0.6) is 0 Å². The van der Waals surface area contributed by atoms with E-state index >= 15 is 0 Å². The molecule has 3 rings (SSSR count). The summed E-state index contributed by atoms with van der Waals surface area (Å²) in [7, 11) is 0. The van der Waals surface area contributed by atoms with E-state index in [1.807, 2.05) is 20.8 Å². The highest BCUT2D eigenvalue weighted by Crippen LogP contribution is 2.50. The molecular formula is C16H20O2. The zero-order valence-corrected chi connectivity index (χ0v) is 11.3. The molecule has 0 radical (unpaired) electrons. The fraction of sp³-hybridized carbons (Fsp3) is 0.562. The van der Waals surface area contributed by atoms with Gasteiger partial charge in [-0.1, -0.05) is 24.3 Å². The van der Waals surface area contributed by atoms with E-state index in [9.17, 15) is 4.79 Å². The number of ketones is 1. The van der Waals surface area contributed by atoms with Crippen LogP contribution < -0.4 is 0 Å². The number of rotatable bonds is 1. The van der Waals surface area contributed by atoms with Crippen LogP contribution in [-0.4, -0.2) is 17.5 Å². The zero-order valence-electron chi connectivity index (χ0n) is 11.3. The van der Waals surface area contributed by atoms with Gasteiger partial charge < -0.3 is 4.74 Å². The van der Waals surface area contributed by atoms with Crippen LogP contribution >= 0.6 is 0 Å². The fourth-order valence-electron chi connectivity index (χ4n) is 3.37. The Morgan fingerprint density at radius 3 is 2.50 bits per heavy atom. The average Bonchev–Trinajstić information content (AvgIpc) is 2.59. The second kappa shape index (κ2) is 3.92. The maximum absolute atomic E-state index is 12.3. The second-order valence-corrected chi connectivity index (χ2v) is 6.49. The first kappa shape index (κ1) is 11.9. The van der Waals surface area contributed by atoms with E-state index in [4.69, 9.17) is 4.74 Å². The van der Waals surface area contributed by atoms with Crippen molar-refractivity contribution in [3.05, 3.63) is 35.4 Å². The third kappa shape index (κ3) is 1.89. The minimum absolute atomic E-state index is 0.245. The lowest BCUT2D eigenvalue weighted by atomic mass is 9.83. The molecule has 0 unspecified atom stereocenters. The lowest BCUT2D eigenvalue weighted by Crippen LogP contribution is -2.39. The Kier molecular flexibility index (Phi) is 2.60. The number of fused-ring (bicyclic) bond motifs is 5. The predicted molar refractivity (Wildman–Crippen MR) is 70.8 cm³/mol. The molecule has 0 aliphatic heterocycles. The van der Waals surface area contributed by atoms with E-state index in [1.54, 1.807) is 0 Å². The maximum atomic E-state index is 12.3. The molecule has 2 nitrogen and oxygen atoms in total. The number of ether oxygens (including phenoxy) is 1. The highest BCUT2D eigenvalue weighted by Gasteiger charge is 2.46. The summed E-state index contributed by atoms with van der Waals surface area (Å²) in [5.74, 6) is 0.979. The zero-order chi connectivity index (χ0) is 12.9. The minimum Gasteiger partial charge on any atom is -0.364 e. The van der Waals surface area contributed by atoms with Crippen molar-refractivity contribution < 1.29 is 9.53 Å². The molecule has 1 aromatic rings. The third-order valence-electron chi connectivity index (χ3n) is 3.98. The van der Waals surface area contributed by atoms with Crippen LogP contribution in [0.15, 0.2) is 24.3 Å². The van der Waals surface area contributed by atoms with Gasteiger partial charge in [0.05, 0.1) is 5.60 Å². The summed E-state index contributed by atoms with van der Waals surface area (Å²) in [6.45, 7) is 6.06. The molecule has 0 spiro atoms. The number of hydrogen-bond donors (Lipinski definition) is 0. The van der Waals surface area contributed by atoms with Gasteiger partial charge in [0.15, 0.2) is 5.78 Å². The van der Waals surface area contributed by atoms with Crippen LogP contribution in [0.1, 0.15) is 56.6 Å². The van der Waals surface area contributed by atoms with Gasteiger partial charge in [0.1, 0.15) is 6.10 Å². The normalized spacial score (nSPS) is 30.4. The smallest absolute Gasteiger partial charge is 0.162 e. The molecule has 2 aliphatic carbocycles. The van der Waals surface area contributed by atoms with Gasteiger partial charge in [-0.3, -0.25) is 4.79 Å². The van der Waals surface area contributed by atoms with Crippen molar-refractivity contribution in [2.24, 2.45) is 0 Å². The topological polar surface area (TPSA) is 26.3 Å². The first-order chi connectivity index (χ1) is 8.46. The van der Waals surface area contributed by atoms with Crippen molar-refractivity contribution in [2.45, 2.75) is 57.2 Å². The van der Waals surface area contributed by atoms with Crippen LogP contribution in [0.2, 0.25) is 0 Å². The van der Waals surface area contributed by atoms with E-state index in [2.05, 4.69) is 24.3 Å². The quantitative estimate of drug-likeness (QED) is 0.756. The number of carbonyl (C=O) groups excluding carboxylic acids is 1. The summed E-state index contributed by atoms with van der Waals surface area (Å²) in [6.07, 6.45) is 1.48. The molecule has 1 saturated carbocycles. The molecule has 1 aromatic carbocycles. The van der Waals surface area contributed by atoms with Gasteiger partial charge in [-0.25, -0.2) is 0 Å². The molecular weight excluding hydrogens is 224 g/mol. The molecule has 2 aliphatic rings. The summed E-state index contributed by atoms with van der Waals surface area (Å²) in [6, 6.07) is 8.48. The Balaban J connectivity index is 1.97. The van der Waals surface area contributed by atoms with Gasteiger partial charge in [-0.2, -0.15) is 0 Å². The summed E-state index contributed by atoms with van der Waals surface area (Å²) in [5, 5.41) is 0. The van der Waals surface area contributed by atoms with Crippen LogP contribution in [-0.2, 0) is 9.53 Å². The fourth-order valence-corrected chi connectivity index (χ4v) is 3.37. The lowest BCUT2D eigenvalue weighted by molar-refractivity contribution is -0.146. The standard InChI is InChI=1S/C16H20O2/c1-16(2,3)18-15-13-8-10(9-14(15)17)11-6-4-5-7-12(11)13/h4-7,10,13,15H,8-9H2,1-3H3/t10-,13-,15-/m1/s1. The number of carbonyl (C=O) groups is 1. The van der Waals surface area contributed by atoms with Crippen molar-refractivity contribution in [3.8, 4) is 0 Å². The van der Waals surface area contributed by atoms with E-state index in [1.165, 1.54) is 11.1 Å². The van der Waals surface area contributed by atoms with Gasteiger partial charge in [-0.05, 0) is 44.2 Å². The highest BCUT2D eigenvalue weighted by atomic mass is 16.5. The Bertz CT molecular complexity index is 484. The monoisotopic (exact) mass is 244 g/mol. The van der Waals surface area contributed by atoms with Gasteiger partial charge in [0, 0.05) is 12.3 Å². The van der Waals surface area contributed by atoms with E-state index in [0.29, 0.717) is 12.3 Å². The molecule has 0 saturated heterocycles. The SMILES string of the molecule is CC(C)(C)O[C@H]1C(=O)C[C@H]2C[C@@H]1c1ccccc12. The Hall–Kier alpha value is -1.15.